The van der Waals surface area contributed by atoms with Crippen molar-refractivity contribution in [2.24, 2.45) is 0 Å². The van der Waals surface area contributed by atoms with Gasteiger partial charge in [0.2, 0.25) is 0 Å². The number of aromatic hydroxyl groups is 1. The summed E-state index contributed by atoms with van der Waals surface area (Å²) in [6.45, 7) is 2.53. The molecule has 0 aliphatic rings. The highest BCUT2D eigenvalue weighted by Crippen LogP contribution is 2.27. The fourth-order valence-electron chi connectivity index (χ4n) is 1.68. The summed E-state index contributed by atoms with van der Waals surface area (Å²) in [5, 5.41) is 13.6. The van der Waals surface area contributed by atoms with E-state index in [4.69, 9.17) is 11.6 Å². The molecule has 0 saturated carbocycles. The van der Waals surface area contributed by atoms with Crippen LogP contribution in [-0.2, 0) is 6.54 Å². The second kappa shape index (κ2) is 5.63. The Morgan fingerprint density at radius 3 is 2.78 bits per heavy atom. The Balaban J connectivity index is 2.16. The maximum Gasteiger partial charge on any atom is 0.120 e. The molecule has 0 saturated heterocycles. The molecule has 4 heteroatoms. The second-order valence-corrected chi connectivity index (χ2v) is 5.43. The van der Waals surface area contributed by atoms with E-state index in [0.717, 1.165) is 21.3 Å². The Kier molecular flexibility index (Phi) is 4.15. The van der Waals surface area contributed by atoms with Crippen LogP contribution < -0.4 is 5.32 Å². The summed E-state index contributed by atoms with van der Waals surface area (Å²) in [5.41, 5.74) is 2.81. The lowest BCUT2D eigenvalue weighted by Gasteiger charge is -2.10. The third-order valence-corrected chi connectivity index (χ3v) is 3.46. The highest BCUT2D eigenvalue weighted by atomic mass is 79.9. The van der Waals surface area contributed by atoms with Crippen LogP contribution in [0.15, 0.2) is 40.9 Å². The van der Waals surface area contributed by atoms with Crippen molar-refractivity contribution < 1.29 is 5.11 Å². The zero-order valence-corrected chi connectivity index (χ0v) is 12.2. The van der Waals surface area contributed by atoms with Crippen molar-refractivity contribution in [3.8, 4) is 5.75 Å². The molecule has 2 rings (SSSR count). The number of rotatable bonds is 3. The molecule has 0 radical (unpaired) electrons. The minimum absolute atomic E-state index is 0.291. The zero-order chi connectivity index (χ0) is 13.1. The topological polar surface area (TPSA) is 32.3 Å². The molecule has 0 amide bonds. The van der Waals surface area contributed by atoms with Gasteiger partial charge >= 0.3 is 0 Å². The van der Waals surface area contributed by atoms with E-state index in [1.807, 2.05) is 37.3 Å². The Morgan fingerprint density at radius 1 is 1.22 bits per heavy atom. The van der Waals surface area contributed by atoms with Crippen LogP contribution in [0.4, 0.5) is 5.69 Å². The van der Waals surface area contributed by atoms with E-state index in [9.17, 15) is 5.11 Å². The van der Waals surface area contributed by atoms with Crippen LogP contribution >= 0.6 is 27.5 Å². The van der Waals surface area contributed by atoms with Crippen molar-refractivity contribution in [2.45, 2.75) is 13.5 Å². The molecule has 0 bridgehead atoms. The van der Waals surface area contributed by atoms with Crippen molar-refractivity contribution in [1.29, 1.82) is 0 Å². The molecule has 0 spiro atoms. The molecule has 0 unspecified atom stereocenters. The lowest BCUT2D eigenvalue weighted by Crippen LogP contribution is -2.00. The number of hydrogen-bond donors (Lipinski definition) is 2. The summed E-state index contributed by atoms with van der Waals surface area (Å²) in [4.78, 5) is 0. The van der Waals surface area contributed by atoms with Gasteiger partial charge in [0, 0.05) is 16.6 Å². The van der Waals surface area contributed by atoms with E-state index in [-0.39, 0.29) is 0 Å². The molecule has 2 nitrogen and oxygen atoms in total. The quantitative estimate of drug-likeness (QED) is 0.854. The van der Waals surface area contributed by atoms with E-state index >= 15 is 0 Å². The first-order valence-electron chi connectivity index (χ1n) is 5.53. The average molecular weight is 327 g/mol. The normalized spacial score (nSPS) is 10.4. The number of nitrogens with one attached hydrogen (secondary N) is 1. The van der Waals surface area contributed by atoms with Gasteiger partial charge in [0.25, 0.3) is 0 Å². The zero-order valence-electron chi connectivity index (χ0n) is 9.87. The molecule has 2 aromatic rings. The van der Waals surface area contributed by atoms with Gasteiger partial charge in [0.1, 0.15) is 5.75 Å². The fraction of sp³-hybridized carbons (Fsp3) is 0.143. The van der Waals surface area contributed by atoms with Gasteiger partial charge in [-0.1, -0.05) is 45.2 Å². The molecule has 0 fully saturated rings. The van der Waals surface area contributed by atoms with E-state index in [1.54, 1.807) is 6.07 Å². The second-order valence-electron chi connectivity index (χ2n) is 4.11. The van der Waals surface area contributed by atoms with E-state index < -0.39 is 0 Å². The van der Waals surface area contributed by atoms with Crippen LogP contribution in [0.1, 0.15) is 11.1 Å². The summed E-state index contributed by atoms with van der Waals surface area (Å²) in [6, 6.07) is 11.2. The molecule has 94 valence electrons. The third kappa shape index (κ3) is 3.18. The minimum Gasteiger partial charge on any atom is -0.508 e. The van der Waals surface area contributed by atoms with Crippen molar-refractivity contribution >= 4 is 33.2 Å². The van der Waals surface area contributed by atoms with Gasteiger partial charge in [-0.2, -0.15) is 0 Å². The Labute approximate surface area is 120 Å². The highest BCUT2D eigenvalue weighted by Gasteiger charge is 2.04. The molecule has 0 aromatic heterocycles. The number of phenols is 1. The van der Waals surface area contributed by atoms with Gasteiger partial charge < -0.3 is 10.4 Å². The maximum atomic E-state index is 9.75. The van der Waals surface area contributed by atoms with Crippen LogP contribution in [-0.4, -0.2) is 5.11 Å². The summed E-state index contributed by atoms with van der Waals surface area (Å²) in [5.74, 6) is 0.291. The van der Waals surface area contributed by atoms with Crippen LogP contribution in [0, 0.1) is 6.92 Å². The first kappa shape index (κ1) is 13.2. The van der Waals surface area contributed by atoms with Gasteiger partial charge in [0.05, 0.1) is 10.7 Å². The molecular formula is C14H13BrClNO. The van der Waals surface area contributed by atoms with E-state index in [0.29, 0.717) is 17.3 Å². The Hall–Kier alpha value is -1.19. The van der Waals surface area contributed by atoms with Crippen LogP contribution in [0.3, 0.4) is 0 Å². The summed E-state index contributed by atoms with van der Waals surface area (Å²) >= 11 is 9.49. The molecule has 2 N–H and O–H groups in total. The molecule has 0 atom stereocenters. The predicted octanol–water partition coefficient (Wildman–Crippen LogP) is 4.73. The number of hydrogen-bond acceptors (Lipinski definition) is 2. The van der Waals surface area contributed by atoms with Gasteiger partial charge in [-0.15, -0.1) is 0 Å². The molecule has 2 aromatic carbocycles. The van der Waals surface area contributed by atoms with Gasteiger partial charge in [-0.05, 0) is 31.2 Å². The van der Waals surface area contributed by atoms with E-state index in [2.05, 4.69) is 21.2 Å². The van der Waals surface area contributed by atoms with Gasteiger partial charge in [0.15, 0.2) is 0 Å². The van der Waals surface area contributed by atoms with Crippen LogP contribution in [0.25, 0.3) is 0 Å². The first-order chi connectivity index (χ1) is 8.56. The molecule has 0 heterocycles. The van der Waals surface area contributed by atoms with E-state index in [1.165, 1.54) is 0 Å². The SMILES string of the molecule is Cc1ccc(O)c(CNc2cc(Br)ccc2Cl)c1. The molecule has 18 heavy (non-hydrogen) atoms. The Bertz CT molecular complexity index is 520. The largest absolute Gasteiger partial charge is 0.508 e. The summed E-state index contributed by atoms with van der Waals surface area (Å²) in [6.07, 6.45) is 0. The minimum atomic E-state index is 0.291. The van der Waals surface area contributed by atoms with Gasteiger partial charge in [-0.3, -0.25) is 0 Å². The predicted molar refractivity (Wildman–Crippen MR) is 79.3 cm³/mol. The number of halogens is 2. The first-order valence-corrected chi connectivity index (χ1v) is 6.71. The summed E-state index contributed by atoms with van der Waals surface area (Å²) in [7, 11) is 0. The monoisotopic (exact) mass is 325 g/mol. The lowest BCUT2D eigenvalue weighted by atomic mass is 10.1. The molecule has 0 aliphatic heterocycles. The fourth-order valence-corrected chi connectivity index (χ4v) is 2.22. The average Bonchev–Trinajstić information content (AvgIpc) is 2.34. The molecular weight excluding hydrogens is 314 g/mol. The smallest absolute Gasteiger partial charge is 0.120 e. The van der Waals surface area contributed by atoms with Gasteiger partial charge in [-0.25, -0.2) is 0 Å². The Morgan fingerprint density at radius 2 is 2.00 bits per heavy atom. The number of anilines is 1. The number of benzene rings is 2. The summed E-state index contributed by atoms with van der Waals surface area (Å²) < 4.78 is 0.961. The van der Waals surface area contributed by atoms with Crippen molar-refractivity contribution in [1.82, 2.24) is 0 Å². The lowest BCUT2D eigenvalue weighted by molar-refractivity contribution is 0.469. The third-order valence-electron chi connectivity index (χ3n) is 2.63. The number of aryl methyl sites for hydroxylation is 1. The van der Waals surface area contributed by atoms with Crippen molar-refractivity contribution in [3.05, 3.63) is 57.0 Å². The highest BCUT2D eigenvalue weighted by molar-refractivity contribution is 9.10. The van der Waals surface area contributed by atoms with Crippen molar-refractivity contribution in [2.75, 3.05) is 5.32 Å². The maximum absolute atomic E-state index is 9.75. The van der Waals surface area contributed by atoms with Crippen molar-refractivity contribution in [3.63, 3.8) is 0 Å². The molecule has 0 aliphatic carbocycles. The van der Waals surface area contributed by atoms with Crippen LogP contribution in [0.5, 0.6) is 5.75 Å². The van der Waals surface area contributed by atoms with Crippen LogP contribution in [0.2, 0.25) is 5.02 Å². The number of phenolic OH excluding ortho intramolecular Hbond substituents is 1. The standard InChI is InChI=1S/C14H13BrClNO/c1-9-2-5-14(18)10(6-9)8-17-13-7-11(15)3-4-12(13)16/h2-7,17-18H,8H2,1H3.